The molecular formula is C11H15NO2S. The van der Waals surface area contributed by atoms with Crippen LogP contribution in [0.1, 0.15) is 35.3 Å². The Morgan fingerprint density at radius 2 is 2.27 bits per heavy atom. The maximum absolute atomic E-state index is 11.7. The fraction of sp³-hybridized carbons (Fsp3) is 0.636. The lowest BCUT2D eigenvalue weighted by molar-refractivity contribution is -0.143. The molecule has 0 saturated heterocycles. The number of aromatic nitrogens is 1. The van der Waals surface area contributed by atoms with Crippen LogP contribution in [0.25, 0.3) is 0 Å². The van der Waals surface area contributed by atoms with Gasteiger partial charge < -0.3 is 4.74 Å². The first-order valence-electron chi connectivity index (χ1n) is 5.19. The number of carbonyl (C=O) groups excluding carboxylic acids is 1. The number of nitrogens with zero attached hydrogens (tertiary/aromatic N) is 1. The Balaban J connectivity index is 2.37. The lowest BCUT2D eigenvalue weighted by Crippen LogP contribution is -2.21. The first-order chi connectivity index (χ1) is 7.14. The molecule has 3 nitrogen and oxygen atoms in total. The van der Waals surface area contributed by atoms with Crippen LogP contribution in [-0.4, -0.2) is 18.1 Å². The van der Waals surface area contributed by atoms with Gasteiger partial charge in [-0.25, -0.2) is 4.98 Å². The molecule has 2 rings (SSSR count). The van der Waals surface area contributed by atoms with Crippen molar-refractivity contribution in [2.45, 2.75) is 38.5 Å². The molecule has 1 aromatic heterocycles. The molecule has 1 fully saturated rings. The first kappa shape index (κ1) is 10.6. The number of thiazole rings is 1. The summed E-state index contributed by atoms with van der Waals surface area (Å²) in [5, 5.41) is 1.11. The number of ether oxygens (including phenoxy) is 1. The van der Waals surface area contributed by atoms with Gasteiger partial charge in [0.1, 0.15) is 5.41 Å². The minimum atomic E-state index is -0.343. The number of hydrogen-bond acceptors (Lipinski definition) is 4. The topological polar surface area (TPSA) is 39.2 Å². The van der Waals surface area contributed by atoms with E-state index in [0.717, 1.165) is 34.8 Å². The molecule has 1 heterocycles. The Labute approximate surface area is 93.5 Å². The molecule has 4 heteroatoms. The second kappa shape index (κ2) is 3.59. The number of carbonyl (C=O) groups is 1. The fourth-order valence-electron chi connectivity index (χ4n) is 1.89. The molecule has 1 aliphatic carbocycles. The van der Waals surface area contributed by atoms with Gasteiger partial charge in [0.05, 0.1) is 17.8 Å². The summed E-state index contributed by atoms with van der Waals surface area (Å²) in [5.41, 5.74) is 0.656. The van der Waals surface area contributed by atoms with Crippen molar-refractivity contribution in [2.75, 3.05) is 7.11 Å². The Hall–Kier alpha value is -0.900. The van der Waals surface area contributed by atoms with Crippen molar-refractivity contribution in [3.05, 3.63) is 15.6 Å². The molecule has 82 valence electrons. The van der Waals surface area contributed by atoms with Crippen molar-refractivity contribution in [1.82, 2.24) is 4.98 Å². The number of rotatable bonds is 3. The predicted molar refractivity (Wildman–Crippen MR) is 59.2 cm³/mol. The summed E-state index contributed by atoms with van der Waals surface area (Å²) >= 11 is 1.66. The summed E-state index contributed by atoms with van der Waals surface area (Å²) in [7, 11) is 1.46. The number of esters is 1. The van der Waals surface area contributed by atoms with Crippen LogP contribution < -0.4 is 0 Å². The average Bonchev–Trinajstić information content (AvgIpc) is 2.96. The molecule has 1 aliphatic rings. The lowest BCUT2D eigenvalue weighted by atomic mass is 10.0. The molecule has 0 spiro atoms. The maximum atomic E-state index is 11.7. The summed E-state index contributed by atoms with van der Waals surface area (Å²) in [6, 6.07) is 0. The quantitative estimate of drug-likeness (QED) is 0.740. The van der Waals surface area contributed by atoms with Crippen molar-refractivity contribution < 1.29 is 9.53 Å². The van der Waals surface area contributed by atoms with Gasteiger partial charge in [0.15, 0.2) is 0 Å². The van der Waals surface area contributed by atoms with Gasteiger partial charge in [0, 0.05) is 4.88 Å². The van der Waals surface area contributed by atoms with Gasteiger partial charge in [0.2, 0.25) is 0 Å². The SMILES string of the molecule is CCc1nc(C)c(C2(C(=O)OC)CC2)s1. The Morgan fingerprint density at radius 1 is 1.60 bits per heavy atom. The van der Waals surface area contributed by atoms with Gasteiger partial charge in [-0.3, -0.25) is 4.79 Å². The second-order valence-electron chi connectivity index (χ2n) is 3.95. The minimum Gasteiger partial charge on any atom is -0.468 e. The number of hydrogen-bond donors (Lipinski definition) is 0. The summed E-state index contributed by atoms with van der Waals surface area (Å²) in [6.07, 6.45) is 2.75. The van der Waals surface area contributed by atoms with E-state index >= 15 is 0 Å². The third-order valence-electron chi connectivity index (χ3n) is 2.90. The predicted octanol–water partition coefficient (Wildman–Crippen LogP) is 2.22. The third-order valence-corrected chi connectivity index (χ3v) is 4.41. The molecule has 0 aromatic carbocycles. The molecule has 0 N–H and O–H groups in total. The highest BCUT2D eigenvalue weighted by molar-refractivity contribution is 7.12. The molecule has 15 heavy (non-hydrogen) atoms. The standard InChI is InChI=1S/C11H15NO2S/c1-4-8-12-7(2)9(15-8)11(5-6-11)10(13)14-3/h4-6H2,1-3H3. The zero-order valence-corrected chi connectivity index (χ0v) is 10.1. The van der Waals surface area contributed by atoms with E-state index in [1.807, 2.05) is 6.92 Å². The van der Waals surface area contributed by atoms with Gasteiger partial charge in [-0.1, -0.05) is 6.92 Å². The third kappa shape index (κ3) is 1.57. The second-order valence-corrected chi connectivity index (χ2v) is 5.03. The largest absolute Gasteiger partial charge is 0.468 e. The molecule has 0 bridgehead atoms. The highest BCUT2D eigenvalue weighted by Crippen LogP contribution is 2.52. The van der Waals surface area contributed by atoms with Crippen LogP contribution in [0.3, 0.4) is 0 Å². The summed E-state index contributed by atoms with van der Waals surface area (Å²) < 4.78 is 4.87. The first-order valence-corrected chi connectivity index (χ1v) is 6.01. The summed E-state index contributed by atoms with van der Waals surface area (Å²) in [4.78, 5) is 17.3. The molecular weight excluding hydrogens is 210 g/mol. The van der Waals surface area contributed by atoms with E-state index in [2.05, 4.69) is 11.9 Å². The fourth-order valence-corrected chi connectivity index (χ4v) is 3.13. The molecule has 1 aromatic rings. The van der Waals surface area contributed by atoms with Crippen LogP contribution in [0.15, 0.2) is 0 Å². The van der Waals surface area contributed by atoms with Crippen molar-refractivity contribution in [3.63, 3.8) is 0 Å². The van der Waals surface area contributed by atoms with E-state index in [4.69, 9.17) is 4.74 Å². The van der Waals surface area contributed by atoms with Crippen LogP contribution in [-0.2, 0) is 21.4 Å². The van der Waals surface area contributed by atoms with Crippen molar-refractivity contribution in [3.8, 4) is 0 Å². The van der Waals surface area contributed by atoms with E-state index in [9.17, 15) is 4.79 Å². The van der Waals surface area contributed by atoms with Gasteiger partial charge in [-0.15, -0.1) is 11.3 Å². The average molecular weight is 225 g/mol. The molecule has 1 saturated carbocycles. The van der Waals surface area contributed by atoms with Crippen LogP contribution in [0.4, 0.5) is 0 Å². The molecule has 0 radical (unpaired) electrons. The van der Waals surface area contributed by atoms with Crippen LogP contribution in [0.5, 0.6) is 0 Å². The van der Waals surface area contributed by atoms with Gasteiger partial charge in [-0.2, -0.15) is 0 Å². The smallest absolute Gasteiger partial charge is 0.317 e. The Bertz CT molecular complexity index is 393. The number of methoxy groups -OCH3 is 1. The molecule has 0 aliphatic heterocycles. The van der Waals surface area contributed by atoms with Gasteiger partial charge >= 0.3 is 5.97 Å². The van der Waals surface area contributed by atoms with Gasteiger partial charge in [0.25, 0.3) is 0 Å². The lowest BCUT2D eigenvalue weighted by Gasteiger charge is -2.10. The maximum Gasteiger partial charge on any atom is 0.317 e. The van der Waals surface area contributed by atoms with E-state index in [1.54, 1.807) is 11.3 Å². The zero-order chi connectivity index (χ0) is 11.1. The Morgan fingerprint density at radius 3 is 2.67 bits per heavy atom. The summed E-state index contributed by atoms with van der Waals surface area (Å²) in [5.74, 6) is -0.100. The normalized spacial score (nSPS) is 17.5. The molecule has 0 amide bonds. The van der Waals surface area contributed by atoms with Crippen LogP contribution in [0, 0.1) is 6.92 Å². The summed E-state index contributed by atoms with van der Waals surface area (Å²) in [6.45, 7) is 4.06. The highest BCUT2D eigenvalue weighted by Gasteiger charge is 2.54. The van der Waals surface area contributed by atoms with Crippen molar-refractivity contribution in [1.29, 1.82) is 0 Å². The van der Waals surface area contributed by atoms with Crippen LogP contribution in [0.2, 0.25) is 0 Å². The van der Waals surface area contributed by atoms with Crippen molar-refractivity contribution in [2.24, 2.45) is 0 Å². The zero-order valence-electron chi connectivity index (χ0n) is 9.29. The van der Waals surface area contributed by atoms with E-state index in [0.29, 0.717) is 0 Å². The minimum absolute atomic E-state index is 0.100. The van der Waals surface area contributed by atoms with Crippen molar-refractivity contribution >= 4 is 17.3 Å². The molecule has 0 atom stereocenters. The van der Waals surface area contributed by atoms with E-state index < -0.39 is 0 Å². The van der Waals surface area contributed by atoms with E-state index in [-0.39, 0.29) is 11.4 Å². The number of aryl methyl sites for hydroxylation is 2. The monoisotopic (exact) mass is 225 g/mol. The molecule has 0 unspecified atom stereocenters. The van der Waals surface area contributed by atoms with Crippen LogP contribution >= 0.6 is 11.3 Å². The van der Waals surface area contributed by atoms with E-state index in [1.165, 1.54) is 7.11 Å². The highest BCUT2D eigenvalue weighted by atomic mass is 32.1. The Kier molecular flexibility index (Phi) is 2.54. The van der Waals surface area contributed by atoms with Gasteiger partial charge in [-0.05, 0) is 26.2 Å².